The Labute approximate surface area is 182 Å². The van der Waals surface area contributed by atoms with E-state index in [0.29, 0.717) is 28.1 Å². The molecular weight excluding hydrogens is 422 g/mol. The van der Waals surface area contributed by atoms with Crippen LogP contribution in [0.4, 0.5) is 5.69 Å². The highest BCUT2D eigenvalue weighted by atomic mass is 35.5. The highest BCUT2D eigenvalue weighted by molar-refractivity contribution is 7.99. The third-order valence-electron chi connectivity index (χ3n) is 4.16. The molecule has 2 aromatic carbocycles. The minimum absolute atomic E-state index is 0.144. The summed E-state index contributed by atoms with van der Waals surface area (Å²) in [5, 5.41) is 16.9. The van der Waals surface area contributed by atoms with Crippen LogP contribution in [0.5, 0.6) is 5.75 Å². The first-order chi connectivity index (χ1) is 14.6. The molecule has 152 valence electrons. The molecule has 2 aromatic heterocycles. The minimum atomic E-state index is -0.144. The molecule has 9 heteroatoms. The molecule has 0 aliphatic rings. The monoisotopic (exact) mass is 439 g/mol. The van der Waals surface area contributed by atoms with Gasteiger partial charge in [0.15, 0.2) is 5.65 Å². The second kappa shape index (κ2) is 9.15. The maximum Gasteiger partial charge on any atom is 0.234 e. The average molecular weight is 440 g/mol. The Kier molecular flexibility index (Phi) is 6.15. The molecule has 1 amide bonds. The summed E-state index contributed by atoms with van der Waals surface area (Å²) in [6, 6.07) is 18.4. The number of fused-ring (bicyclic) bond motifs is 1. The van der Waals surface area contributed by atoms with Crippen LogP contribution in [0, 0.1) is 0 Å². The van der Waals surface area contributed by atoms with Gasteiger partial charge in [0.05, 0.1) is 18.1 Å². The molecule has 0 aliphatic carbocycles. The smallest absolute Gasteiger partial charge is 0.234 e. The zero-order chi connectivity index (χ0) is 20.9. The first-order valence-electron chi connectivity index (χ1n) is 9.26. The first-order valence-corrected chi connectivity index (χ1v) is 10.6. The van der Waals surface area contributed by atoms with E-state index >= 15 is 0 Å². The fourth-order valence-electron chi connectivity index (χ4n) is 2.76. The number of amides is 1. The van der Waals surface area contributed by atoms with E-state index in [-0.39, 0.29) is 11.7 Å². The van der Waals surface area contributed by atoms with Crippen molar-refractivity contribution >= 4 is 40.6 Å². The van der Waals surface area contributed by atoms with Gasteiger partial charge in [-0.1, -0.05) is 35.5 Å². The number of nitrogens with zero attached hydrogens (tertiary/aromatic N) is 4. The number of hydrogen-bond donors (Lipinski definition) is 1. The number of carbonyl (C=O) groups is 1. The van der Waals surface area contributed by atoms with E-state index in [1.165, 1.54) is 11.8 Å². The van der Waals surface area contributed by atoms with Crippen LogP contribution in [0.1, 0.15) is 6.92 Å². The molecule has 1 N–H and O–H groups in total. The van der Waals surface area contributed by atoms with Gasteiger partial charge in [-0.25, -0.2) is 0 Å². The van der Waals surface area contributed by atoms with Gasteiger partial charge >= 0.3 is 0 Å². The summed E-state index contributed by atoms with van der Waals surface area (Å²) in [6.45, 7) is 2.52. The highest BCUT2D eigenvalue weighted by Gasteiger charge is 2.12. The number of rotatable bonds is 7. The van der Waals surface area contributed by atoms with Crippen molar-refractivity contribution in [3.63, 3.8) is 0 Å². The zero-order valence-corrected chi connectivity index (χ0v) is 17.7. The van der Waals surface area contributed by atoms with Crippen LogP contribution >= 0.6 is 23.4 Å². The van der Waals surface area contributed by atoms with Crippen LogP contribution in [0.15, 0.2) is 65.8 Å². The van der Waals surface area contributed by atoms with E-state index in [1.807, 2.05) is 55.5 Å². The van der Waals surface area contributed by atoms with Gasteiger partial charge in [0.2, 0.25) is 11.1 Å². The SMILES string of the molecule is CCOc1ccc(NC(=O)CSc2nnc3ccc(-c4ccc(Cl)cc4)nn23)cc1. The van der Waals surface area contributed by atoms with E-state index in [1.54, 1.807) is 16.6 Å². The van der Waals surface area contributed by atoms with Crippen LogP contribution in [-0.4, -0.2) is 38.1 Å². The van der Waals surface area contributed by atoms with Crippen molar-refractivity contribution in [3.8, 4) is 17.0 Å². The second-order valence-electron chi connectivity index (χ2n) is 6.27. The second-order valence-corrected chi connectivity index (χ2v) is 7.65. The van der Waals surface area contributed by atoms with Crippen molar-refractivity contribution in [1.29, 1.82) is 0 Å². The summed E-state index contributed by atoms with van der Waals surface area (Å²) in [7, 11) is 0. The molecule has 0 spiro atoms. The molecule has 4 rings (SSSR count). The summed E-state index contributed by atoms with van der Waals surface area (Å²) in [6.07, 6.45) is 0. The predicted molar refractivity (Wildman–Crippen MR) is 118 cm³/mol. The molecule has 0 atom stereocenters. The molecule has 7 nitrogen and oxygen atoms in total. The Bertz CT molecular complexity index is 1160. The van der Waals surface area contributed by atoms with E-state index in [2.05, 4.69) is 20.6 Å². The van der Waals surface area contributed by atoms with Gasteiger partial charge in [-0.3, -0.25) is 4.79 Å². The molecule has 0 fully saturated rings. The van der Waals surface area contributed by atoms with Crippen LogP contribution in [0.2, 0.25) is 5.02 Å². The standard InChI is InChI=1S/C21H18ClN5O2S/c1-2-29-17-9-7-16(8-10-17)23-20(28)13-30-21-25-24-19-12-11-18(26-27(19)21)14-3-5-15(22)6-4-14/h3-12H,2,13H2,1H3,(H,23,28). The number of benzene rings is 2. The molecule has 0 saturated carbocycles. The van der Waals surface area contributed by atoms with Crippen molar-refractivity contribution in [3.05, 3.63) is 65.7 Å². The summed E-state index contributed by atoms with van der Waals surface area (Å²) in [4.78, 5) is 12.3. The van der Waals surface area contributed by atoms with Gasteiger partial charge in [0.1, 0.15) is 5.75 Å². The number of carbonyl (C=O) groups excluding carboxylic acids is 1. The summed E-state index contributed by atoms with van der Waals surface area (Å²) in [5.41, 5.74) is 3.01. The molecule has 4 aromatic rings. The van der Waals surface area contributed by atoms with Crippen molar-refractivity contribution < 1.29 is 9.53 Å². The third kappa shape index (κ3) is 4.72. The van der Waals surface area contributed by atoms with Crippen LogP contribution in [-0.2, 0) is 4.79 Å². The average Bonchev–Trinajstić information content (AvgIpc) is 3.17. The molecule has 2 heterocycles. The van der Waals surface area contributed by atoms with Gasteiger partial charge in [0.25, 0.3) is 0 Å². The fourth-order valence-corrected chi connectivity index (χ4v) is 3.58. The van der Waals surface area contributed by atoms with Crippen molar-refractivity contribution in [2.75, 3.05) is 17.7 Å². The number of nitrogens with one attached hydrogen (secondary N) is 1. The Balaban J connectivity index is 1.43. The summed E-state index contributed by atoms with van der Waals surface area (Å²) < 4.78 is 7.04. The number of ether oxygens (including phenoxy) is 1. The topological polar surface area (TPSA) is 81.4 Å². The highest BCUT2D eigenvalue weighted by Crippen LogP contribution is 2.22. The number of hydrogen-bond acceptors (Lipinski definition) is 6. The first kappa shape index (κ1) is 20.2. The Morgan fingerprint density at radius 3 is 2.57 bits per heavy atom. The predicted octanol–water partition coefficient (Wildman–Crippen LogP) is 4.57. The lowest BCUT2D eigenvalue weighted by Crippen LogP contribution is -2.14. The summed E-state index contributed by atoms with van der Waals surface area (Å²) in [5.74, 6) is 0.804. The molecule has 30 heavy (non-hydrogen) atoms. The van der Waals surface area contributed by atoms with Gasteiger partial charge < -0.3 is 10.1 Å². The molecule has 0 radical (unpaired) electrons. The van der Waals surface area contributed by atoms with Crippen LogP contribution < -0.4 is 10.1 Å². The number of anilines is 1. The van der Waals surface area contributed by atoms with Crippen molar-refractivity contribution in [2.45, 2.75) is 12.1 Å². The summed E-state index contributed by atoms with van der Waals surface area (Å²) >= 11 is 7.23. The maximum absolute atomic E-state index is 12.3. The number of thioether (sulfide) groups is 1. The zero-order valence-electron chi connectivity index (χ0n) is 16.1. The lowest BCUT2D eigenvalue weighted by Gasteiger charge is -2.07. The largest absolute Gasteiger partial charge is 0.494 e. The van der Waals surface area contributed by atoms with E-state index in [0.717, 1.165) is 17.0 Å². The van der Waals surface area contributed by atoms with Gasteiger partial charge in [0, 0.05) is 16.3 Å². The Hall–Kier alpha value is -3.10. The normalized spacial score (nSPS) is 10.9. The minimum Gasteiger partial charge on any atom is -0.494 e. The van der Waals surface area contributed by atoms with Gasteiger partial charge in [-0.05, 0) is 55.5 Å². The Morgan fingerprint density at radius 1 is 1.07 bits per heavy atom. The molecule has 0 bridgehead atoms. The molecular formula is C21H18ClN5O2S. The van der Waals surface area contributed by atoms with Crippen molar-refractivity contribution in [2.24, 2.45) is 0 Å². The van der Waals surface area contributed by atoms with Crippen LogP contribution in [0.25, 0.3) is 16.9 Å². The quantitative estimate of drug-likeness (QED) is 0.425. The molecule has 0 unspecified atom stereocenters. The maximum atomic E-state index is 12.3. The fraction of sp³-hybridized carbons (Fsp3) is 0.143. The number of aromatic nitrogens is 4. The molecule has 0 aliphatic heterocycles. The molecule has 0 saturated heterocycles. The Morgan fingerprint density at radius 2 is 1.83 bits per heavy atom. The lowest BCUT2D eigenvalue weighted by molar-refractivity contribution is -0.113. The van der Waals surface area contributed by atoms with E-state index in [9.17, 15) is 4.79 Å². The van der Waals surface area contributed by atoms with Crippen molar-refractivity contribution in [1.82, 2.24) is 19.8 Å². The van der Waals surface area contributed by atoms with E-state index < -0.39 is 0 Å². The van der Waals surface area contributed by atoms with Gasteiger partial charge in [-0.15, -0.1) is 10.2 Å². The number of halogens is 1. The van der Waals surface area contributed by atoms with Crippen LogP contribution in [0.3, 0.4) is 0 Å². The van der Waals surface area contributed by atoms with E-state index in [4.69, 9.17) is 16.3 Å². The van der Waals surface area contributed by atoms with Gasteiger partial charge in [-0.2, -0.15) is 9.61 Å². The lowest BCUT2D eigenvalue weighted by atomic mass is 10.1. The third-order valence-corrected chi connectivity index (χ3v) is 5.33.